The van der Waals surface area contributed by atoms with Gasteiger partial charge in [0, 0.05) is 17.0 Å². The van der Waals surface area contributed by atoms with Crippen LogP contribution in [-0.4, -0.2) is 12.6 Å². The Hall–Kier alpha value is -1.48. The van der Waals surface area contributed by atoms with Gasteiger partial charge in [-0.2, -0.15) is 0 Å². The van der Waals surface area contributed by atoms with E-state index in [2.05, 4.69) is 32.2 Å². The maximum Gasteiger partial charge on any atom is 0.134 e. The highest BCUT2D eigenvalue weighted by Gasteiger charge is 2.23. The summed E-state index contributed by atoms with van der Waals surface area (Å²) in [5.41, 5.74) is 2.29. The van der Waals surface area contributed by atoms with E-state index in [1.54, 1.807) is 0 Å². The summed E-state index contributed by atoms with van der Waals surface area (Å²) >= 11 is 0. The van der Waals surface area contributed by atoms with E-state index in [1.807, 2.05) is 12.1 Å². The van der Waals surface area contributed by atoms with Gasteiger partial charge in [-0.15, -0.1) is 0 Å². The van der Waals surface area contributed by atoms with Crippen molar-refractivity contribution in [3.8, 4) is 5.75 Å². The zero-order chi connectivity index (χ0) is 14.8. The molecule has 1 aromatic carbocycles. The number of hydrogen-bond donors (Lipinski definition) is 1. The monoisotopic (exact) mass is 287 g/mol. The lowest BCUT2D eigenvalue weighted by molar-refractivity contribution is 0.318. The lowest BCUT2D eigenvalue weighted by Gasteiger charge is -2.08. The zero-order valence-corrected chi connectivity index (χ0v) is 13.2. The second-order valence-corrected chi connectivity index (χ2v) is 6.26. The van der Waals surface area contributed by atoms with E-state index in [4.69, 9.17) is 9.15 Å². The third kappa shape index (κ3) is 3.24. The van der Waals surface area contributed by atoms with Crippen LogP contribution in [0, 0.1) is 0 Å². The number of rotatable bonds is 7. The van der Waals surface area contributed by atoms with E-state index >= 15 is 0 Å². The highest BCUT2D eigenvalue weighted by molar-refractivity contribution is 5.84. The molecule has 3 rings (SSSR count). The zero-order valence-electron chi connectivity index (χ0n) is 13.2. The van der Waals surface area contributed by atoms with Crippen LogP contribution in [0.1, 0.15) is 57.3 Å². The molecule has 3 heteroatoms. The molecule has 1 aromatic heterocycles. The summed E-state index contributed by atoms with van der Waals surface area (Å²) in [5.74, 6) is 2.47. The summed E-state index contributed by atoms with van der Waals surface area (Å²) in [4.78, 5) is 0. The molecule has 21 heavy (non-hydrogen) atoms. The lowest BCUT2D eigenvalue weighted by Crippen LogP contribution is -2.15. The molecule has 0 spiro atoms. The Balaban J connectivity index is 1.92. The number of furan rings is 1. The first-order valence-electron chi connectivity index (χ1n) is 8.10. The van der Waals surface area contributed by atoms with Crippen LogP contribution in [0.15, 0.2) is 22.6 Å². The first-order chi connectivity index (χ1) is 10.2. The summed E-state index contributed by atoms with van der Waals surface area (Å²) in [7, 11) is 0. The van der Waals surface area contributed by atoms with E-state index in [9.17, 15) is 0 Å². The molecule has 1 saturated carbocycles. The minimum Gasteiger partial charge on any atom is -0.494 e. The fourth-order valence-corrected chi connectivity index (χ4v) is 2.74. The molecule has 1 aliphatic carbocycles. The molecular weight excluding hydrogens is 262 g/mol. The summed E-state index contributed by atoms with van der Waals surface area (Å²) in [5, 5.41) is 4.75. The van der Waals surface area contributed by atoms with E-state index in [0.717, 1.165) is 36.7 Å². The Morgan fingerprint density at radius 1 is 1.33 bits per heavy atom. The van der Waals surface area contributed by atoms with Crippen molar-refractivity contribution in [2.45, 2.75) is 58.5 Å². The maximum absolute atomic E-state index is 6.08. The van der Waals surface area contributed by atoms with Crippen LogP contribution in [-0.2, 0) is 6.54 Å². The van der Waals surface area contributed by atoms with Gasteiger partial charge in [-0.05, 0) is 43.4 Å². The van der Waals surface area contributed by atoms with Crippen LogP contribution in [0.4, 0.5) is 0 Å². The van der Waals surface area contributed by atoms with E-state index in [1.165, 1.54) is 23.8 Å². The molecule has 0 atom stereocenters. The molecule has 0 amide bonds. The molecule has 1 heterocycles. The largest absolute Gasteiger partial charge is 0.494 e. The minimum absolute atomic E-state index is 0.448. The van der Waals surface area contributed by atoms with Gasteiger partial charge in [-0.1, -0.05) is 20.8 Å². The van der Waals surface area contributed by atoms with Crippen molar-refractivity contribution in [2.75, 3.05) is 6.61 Å². The third-order valence-electron chi connectivity index (χ3n) is 3.95. The first-order valence-corrected chi connectivity index (χ1v) is 8.10. The van der Waals surface area contributed by atoms with Crippen molar-refractivity contribution in [1.82, 2.24) is 5.32 Å². The van der Waals surface area contributed by atoms with Gasteiger partial charge in [-0.3, -0.25) is 0 Å². The fourth-order valence-electron chi connectivity index (χ4n) is 2.74. The molecule has 114 valence electrons. The van der Waals surface area contributed by atoms with Gasteiger partial charge in [0.05, 0.1) is 13.2 Å². The number of ether oxygens (including phenoxy) is 1. The predicted octanol–water partition coefficient (Wildman–Crippen LogP) is 4.60. The average Bonchev–Trinajstić information content (AvgIpc) is 3.22. The number of fused-ring (bicyclic) bond motifs is 1. The summed E-state index contributed by atoms with van der Waals surface area (Å²) < 4.78 is 11.8. The van der Waals surface area contributed by atoms with Crippen molar-refractivity contribution in [2.24, 2.45) is 0 Å². The topological polar surface area (TPSA) is 34.4 Å². The summed E-state index contributed by atoms with van der Waals surface area (Å²) in [6.07, 6.45) is 3.62. The van der Waals surface area contributed by atoms with Crippen molar-refractivity contribution in [3.05, 3.63) is 29.5 Å². The fraction of sp³-hybridized carbons (Fsp3) is 0.556. The number of hydrogen-bond acceptors (Lipinski definition) is 3. The molecule has 1 N–H and O–H groups in total. The predicted molar refractivity (Wildman–Crippen MR) is 86.0 cm³/mol. The first kappa shape index (κ1) is 14.5. The lowest BCUT2D eigenvalue weighted by atomic mass is 9.99. The molecule has 0 unspecified atom stereocenters. The highest BCUT2D eigenvalue weighted by Crippen LogP contribution is 2.34. The molecule has 2 aromatic rings. The van der Waals surface area contributed by atoms with Crippen molar-refractivity contribution in [3.63, 3.8) is 0 Å². The number of nitrogens with one attached hydrogen (secondary N) is 1. The van der Waals surface area contributed by atoms with Crippen LogP contribution in [0.2, 0.25) is 0 Å². The van der Waals surface area contributed by atoms with Crippen LogP contribution in [0.5, 0.6) is 5.75 Å². The van der Waals surface area contributed by atoms with E-state index in [-0.39, 0.29) is 0 Å². The average molecular weight is 287 g/mol. The molecule has 0 saturated heterocycles. The molecule has 0 radical (unpaired) electrons. The third-order valence-corrected chi connectivity index (χ3v) is 3.95. The Morgan fingerprint density at radius 3 is 2.81 bits per heavy atom. The smallest absolute Gasteiger partial charge is 0.134 e. The maximum atomic E-state index is 6.08. The van der Waals surface area contributed by atoms with Crippen LogP contribution in [0.3, 0.4) is 0 Å². The normalized spacial score (nSPS) is 15.0. The quantitative estimate of drug-likeness (QED) is 0.808. The van der Waals surface area contributed by atoms with E-state index < -0.39 is 0 Å². The second kappa shape index (κ2) is 6.10. The standard InChI is InChI=1S/C18H25NO2/c1-4-9-20-14-7-8-16-15(10-14)18(12(2)3)17(21-16)11-19-13-5-6-13/h7-8,10,12-13,19H,4-6,9,11H2,1-3H3. The Labute approximate surface area is 126 Å². The molecule has 1 fully saturated rings. The van der Waals surface area contributed by atoms with Gasteiger partial charge in [0.25, 0.3) is 0 Å². The Bertz CT molecular complexity index is 611. The molecule has 1 aliphatic rings. The minimum atomic E-state index is 0.448. The van der Waals surface area contributed by atoms with Gasteiger partial charge in [0.1, 0.15) is 17.1 Å². The summed E-state index contributed by atoms with van der Waals surface area (Å²) in [6, 6.07) is 6.86. The second-order valence-electron chi connectivity index (χ2n) is 6.26. The molecule has 0 bridgehead atoms. The van der Waals surface area contributed by atoms with Crippen molar-refractivity contribution < 1.29 is 9.15 Å². The molecular formula is C18H25NO2. The van der Waals surface area contributed by atoms with E-state index in [0.29, 0.717) is 12.0 Å². The molecule has 3 nitrogen and oxygen atoms in total. The number of benzene rings is 1. The Morgan fingerprint density at radius 2 is 2.14 bits per heavy atom. The van der Waals surface area contributed by atoms with Crippen molar-refractivity contribution in [1.29, 1.82) is 0 Å². The van der Waals surface area contributed by atoms with Gasteiger partial charge < -0.3 is 14.5 Å². The van der Waals surface area contributed by atoms with Gasteiger partial charge in [0.2, 0.25) is 0 Å². The van der Waals surface area contributed by atoms with Gasteiger partial charge >= 0.3 is 0 Å². The van der Waals surface area contributed by atoms with Gasteiger partial charge in [0.15, 0.2) is 0 Å². The highest BCUT2D eigenvalue weighted by atomic mass is 16.5. The molecule has 0 aliphatic heterocycles. The van der Waals surface area contributed by atoms with Crippen LogP contribution < -0.4 is 10.1 Å². The van der Waals surface area contributed by atoms with Gasteiger partial charge in [-0.25, -0.2) is 0 Å². The SMILES string of the molecule is CCCOc1ccc2oc(CNC3CC3)c(C(C)C)c2c1. The Kier molecular flexibility index (Phi) is 4.20. The summed E-state index contributed by atoms with van der Waals surface area (Å²) in [6.45, 7) is 8.17. The van der Waals surface area contributed by atoms with Crippen LogP contribution in [0.25, 0.3) is 11.0 Å². The van der Waals surface area contributed by atoms with Crippen LogP contribution >= 0.6 is 0 Å². The van der Waals surface area contributed by atoms with Crippen molar-refractivity contribution >= 4 is 11.0 Å².